The Hall–Kier alpha value is -4.37. The number of nitrogens with zero attached hydrogens (tertiary/aromatic N) is 3. The number of carbonyl (C=O) groups excluding carboxylic acids is 1. The zero-order valence-corrected chi connectivity index (χ0v) is 23.7. The van der Waals surface area contributed by atoms with E-state index < -0.39 is 17.1 Å². The van der Waals surface area contributed by atoms with Gasteiger partial charge in [-0.25, -0.2) is 9.37 Å². The van der Waals surface area contributed by atoms with E-state index in [2.05, 4.69) is 26.3 Å². The SMILES string of the molecule is CC(C)(C)c1nc2ccc(Br)cc2c(=O)n1N=Cc1c(OCC(=O)Nc2ccccc2F)ccc2ccccc12. The van der Waals surface area contributed by atoms with Crippen molar-refractivity contribution in [2.24, 2.45) is 5.10 Å². The standard InChI is InChI=1S/C31H26BrFN4O3/c1-31(2,3)30-36-25-14-13-20(32)16-22(25)29(39)37(30)34-17-23-21-9-5-4-8-19(21)12-15-27(23)40-18-28(38)35-26-11-7-6-10-24(26)33/h4-17H,18H2,1-3H3,(H,35,38). The summed E-state index contributed by atoms with van der Waals surface area (Å²) in [6, 6.07) is 22.6. The Morgan fingerprint density at radius 2 is 1.80 bits per heavy atom. The smallest absolute Gasteiger partial charge is 0.282 e. The van der Waals surface area contributed by atoms with Crippen molar-refractivity contribution in [2.75, 3.05) is 11.9 Å². The molecular weight excluding hydrogens is 575 g/mol. The number of hydrogen-bond donors (Lipinski definition) is 1. The molecule has 202 valence electrons. The lowest BCUT2D eigenvalue weighted by Gasteiger charge is -2.21. The van der Waals surface area contributed by atoms with Crippen molar-refractivity contribution in [1.29, 1.82) is 0 Å². The summed E-state index contributed by atoms with van der Waals surface area (Å²) < 4.78 is 21.9. The molecule has 1 aromatic heterocycles. The lowest BCUT2D eigenvalue weighted by atomic mass is 9.95. The van der Waals surface area contributed by atoms with Crippen LogP contribution < -0.4 is 15.6 Å². The Balaban J connectivity index is 1.55. The first-order valence-corrected chi connectivity index (χ1v) is 13.4. The second-order valence-electron chi connectivity index (χ2n) is 10.2. The van der Waals surface area contributed by atoms with Crippen LogP contribution in [0.4, 0.5) is 10.1 Å². The molecule has 0 aliphatic heterocycles. The van der Waals surface area contributed by atoms with Crippen LogP contribution in [0.5, 0.6) is 5.75 Å². The Morgan fingerprint density at radius 1 is 1.05 bits per heavy atom. The molecule has 1 N–H and O–H groups in total. The van der Waals surface area contributed by atoms with Crippen LogP contribution in [0, 0.1) is 5.82 Å². The third-order valence-corrected chi connectivity index (χ3v) is 6.71. The number of para-hydroxylation sites is 1. The van der Waals surface area contributed by atoms with Crippen molar-refractivity contribution in [1.82, 2.24) is 9.66 Å². The molecule has 0 bridgehead atoms. The summed E-state index contributed by atoms with van der Waals surface area (Å²) in [6.07, 6.45) is 1.55. The molecule has 0 spiro atoms. The Morgan fingerprint density at radius 3 is 2.58 bits per heavy atom. The van der Waals surface area contributed by atoms with Crippen LogP contribution in [-0.4, -0.2) is 28.4 Å². The minimum Gasteiger partial charge on any atom is -0.483 e. The molecule has 5 aromatic rings. The van der Waals surface area contributed by atoms with Gasteiger partial charge < -0.3 is 10.1 Å². The molecule has 0 unspecified atom stereocenters. The Kier molecular flexibility index (Phi) is 7.49. The van der Waals surface area contributed by atoms with Crippen LogP contribution in [0.1, 0.15) is 32.2 Å². The third kappa shape index (κ3) is 5.65. The molecule has 0 aliphatic rings. The zero-order chi connectivity index (χ0) is 28.4. The number of amides is 1. The van der Waals surface area contributed by atoms with E-state index >= 15 is 0 Å². The number of rotatable bonds is 6. The van der Waals surface area contributed by atoms with Gasteiger partial charge in [-0.1, -0.05) is 79.2 Å². The number of anilines is 1. The van der Waals surface area contributed by atoms with Crippen LogP contribution in [0.2, 0.25) is 0 Å². The van der Waals surface area contributed by atoms with Gasteiger partial charge in [0, 0.05) is 15.5 Å². The van der Waals surface area contributed by atoms with Crippen LogP contribution in [0.3, 0.4) is 0 Å². The van der Waals surface area contributed by atoms with Gasteiger partial charge in [0.05, 0.1) is 22.8 Å². The minimum atomic E-state index is -0.537. The van der Waals surface area contributed by atoms with Crippen LogP contribution in [-0.2, 0) is 10.2 Å². The Bertz CT molecular complexity index is 1840. The second-order valence-corrected chi connectivity index (χ2v) is 11.1. The quantitative estimate of drug-likeness (QED) is 0.221. The number of hydrogen-bond acceptors (Lipinski definition) is 5. The number of nitrogens with one attached hydrogen (secondary N) is 1. The van der Waals surface area contributed by atoms with Crippen LogP contribution >= 0.6 is 15.9 Å². The monoisotopic (exact) mass is 600 g/mol. The molecule has 4 aromatic carbocycles. The molecule has 0 radical (unpaired) electrons. The van der Waals surface area contributed by atoms with Crippen molar-refractivity contribution < 1.29 is 13.9 Å². The number of ether oxygens (including phenoxy) is 1. The molecule has 0 atom stereocenters. The van der Waals surface area contributed by atoms with Crippen molar-refractivity contribution in [3.05, 3.63) is 111 Å². The summed E-state index contributed by atoms with van der Waals surface area (Å²) in [7, 11) is 0. The molecule has 5 rings (SSSR count). The van der Waals surface area contributed by atoms with E-state index in [0.717, 1.165) is 15.2 Å². The third-order valence-electron chi connectivity index (χ3n) is 6.22. The highest BCUT2D eigenvalue weighted by molar-refractivity contribution is 9.10. The predicted octanol–water partition coefficient (Wildman–Crippen LogP) is 6.65. The fraction of sp³-hybridized carbons (Fsp3) is 0.161. The van der Waals surface area contributed by atoms with Gasteiger partial charge in [-0.3, -0.25) is 9.59 Å². The molecule has 1 amide bonds. The summed E-state index contributed by atoms with van der Waals surface area (Å²) in [5.41, 5.74) is 0.443. The van der Waals surface area contributed by atoms with E-state index in [1.54, 1.807) is 36.5 Å². The van der Waals surface area contributed by atoms with Gasteiger partial charge in [0.1, 0.15) is 17.4 Å². The van der Waals surface area contributed by atoms with E-state index in [1.807, 2.05) is 57.2 Å². The molecule has 0 saturated heterocycles. The van der Waals surface area contributed by atoms with Gasteiger partial charge in [-0.15, -0.1) is 0 Å². The van der Waals surface area contributed by atoms with E-state index in [9.17, 15) is 14.0 Å². The van der Waals surface area contributed by atoms with E-state index in [-0.39, 0.29) is 17.9 Å². The molecule has 9 heteroatoms. The highest BCUT2D eigenvalue weighted by Crippen LogP contribution is 2.28. The molecule has 0 fully saturated rings. The Labute approximate surface area is 238 Å². The normalized spacial score (nSPS) is 11.8. The van der Waals surface area contributed by atoms with Gasteiger partial charge in [-0.05, 0) is 47.2 Å². The van der Waals surface area contributed by atoms with Crippen molar-refractivity contribution >= 4 is 55.4 Å². The molecular formula is C31H26BrFN4O3. The second kappa shape index (κ2) is 11.0. The summed E-state index contributed by atoms with van der Waals surface area (Å²) in [5.74, 6) is -0.175. The molecule has 7 nitrogen and oxygen atoms in total. The molecule has 1 heterocycles. The largest absolute Gasteiger partial charge is 0.483 e. The fourth-order valence-corrected chi connectivity index (χ4v) is 4.64. The highest BCUT2D eigenvalue weighted by Gasteiger charge is 2.23. The lowest BCUT2D eigenvalue weighted by Crippen LogP contribution is -2.29. The predicted molar refractivity (Wildman–Crippen MR) is 160 cm³/mol. The number of halogens is 2. The van der Waals surface area contributed by atoms with Crippen LogP contribution in [0.25, 0.3) is 21.7 Å². The van der Waals surface area contributed by atoms with Gasteiger partial charge in [0.15, 0.2) is 6.61 Å². The summed E-state index contributed by atoms with van der Waals surface area (Å²) in [4.78, 5) is 30.9. The van der Waals surface area contributed by atoms with Crippen LogP contribution in [0.15, 0.2) is 93.2 Å². The number of benzene rings is 4. The highest BCUT2D eigenvalue weighted by atomic mass is 79.9. The molecule has 0 aliphatic carbocycles. The maximum absolute atomic E-state index is 14.0. The summed E-state index contributed by atoms with van der Waals surface area (Å²) >= 11 is 3.43. The van der Waals surface area contributed by atoms with Crippen molar-refractivity contribution in [3.63, 3.8) is 0 Å². The summed E-state index contributed by atoms with van der Waals surface area (Å²) in [6.45, 7) is 5.54. The van der Waals surface area contributed by atoms with Gasteiger partial charge >= 0.3 is 0 Å². The van der Waals surface area contributed by atoms with Gasteiger partial charge in [0.25, 0.3) is 11.5 Å². The van der Waals surface area contributed by atoms with Gasteiger partial charge in [-0.2, -0.15) is 9.78 Å². The van der Waals surface area contributed by atoms with E-state index in [4.69, 9.17) is 9.72 Å². The first-order valence-electron chi connectivity index (χ1n) is 12.6. The number of aromatic nitrogens is 2. The first-order chi connectivity index (χ1) is 19.1. The van der Waals surface area contributed by atoms with Crippen molar-refractivity contribution in [2.45, 2.75) is 26.2 Å². The van der Waals surface area contributed by atoms with E-state index in [1.165, 1.54) is 16.8 Å². The van der Waals surface area contributed by atoms with Gasteiger partial charge in [0.2, 0.25) is 0 Å². The number of fused-ring (bicyclic) bond motifs is 2. The zero-order valence-electron chi connectivity index (χ0n) is 22.1. The number of carbonyl (C=O) groups is 1. The minimum absolute atomic E-state index is 0.0703. The molecule has 40 heavy (non-hydrogen) atoms. The average molecular weight is 601 g/mol. The van der Waals surface area contributed by atoms with E-state index in [0.29, 0.717) is 28.0 Å². The molecule has 0 saturated carbocycles. The maximum atomic E-state index is 14.0. The maximum Gasteiger partial charge on any atom is 0.282 e. The topological polar surface area (TPSA) is 85.6 Å². The lowest BCUT2D eigenvalue weighted by molar-refractivity contribution is -0.118. The average Bonchev–Trinajstić information content (AvgIpc) is 2.92. The first kappa shape index (κ1) is 27.2. The van der Waals surface area contributed by atoms with Crippen molar-refractivity contribution in [3.8, 4) is 5.75 Å². The fourth-order valence-electron chi connectivity index (χ4n) is 4.28. The summed E-state index contributed by atoms with van der Waals surface area (Å²) in [5, 5.41) is 9.30.